The van der Waals surface area contributed by atoms with E-state index in [0.717, 1.165) is 25.1 Å². The molecule has 7 rings (SSSR count). The predicted octanol–water partition coefficient (Wildman–Crippen LogP) is 9.93. The smallest absolute Gasteiger partial charge is 0.0976 e. The minimum absolute atomic E-state index is 0.0665. The number of nitrogens with zero attached hydrogens (tertiary/aromatic N) is 1. The van der Waals surface area contributed by atoms with Crippen LogP contribution in [0.25, 0.3) is 0 Å². The first kappa shape index (κ1) is 35.5. The first-order valence-electron chi connectivity index (χ1n) is 17.8. The van der Waals surface area contributed by atoms with E-state index in [0.29, 0.717) is 11.7 Å². The van der Waals surface area contributed by atoms with E-state index in [1.54, 1.807) is 23.5 Å². The summed E-state index contributed by atoms with van der Waals surface area (Å²) in [5, 5.41) is 21.5. The maximum Gasteiger partial charge on any atom is 0.0976 e. The van der Waals surface area contributed by atoms with Crippen LogP contribution in [0.5, 0.6) is 0 Å². The zero-order valence-electron chi connectivity index (χ0n) is 28.3. The minimum Gasteiger partial charge on any atom is -0.392 e. The molecule has 5 aromatic carbocycles. The molecule has 1 aliphatic carbocycles. The fourth-order valence-corrected chi connectivity index (χ4v) is 9.55. The first-order chi connectivity index (χ1) is 24.2. The molecule has 1 saturated carbocycles. The molecule has 49 heavy (non-hydrogen) atoms. The molecule has 0 unspecified atom stereocenters. The summed E-state index contributed by atoms with van der Waals surface area (Å²) in [6.45, 7) is 0.941. The monoisotopic (exact) mass is 687 g/mol. The lowest BCUT2D eigenvalue weighted by Crippen LogP contribution is -2.54. The maximum atomic E-state index is 11.5. The Hall–Kier alpha value is -3.32. The number of aliphatic hydroxyl groups is 2. The van der Waals surface area contributed by atoms with Gasteiger partial charge < -0.3 is 10.2 Å². The van der Waals surface area contributed by atoms with Crippen LogP contribution in [0.15, 0.2) is 161 Å². The van der Waals surface area contributed by atoms with E-state index in [9.17, 15) is 10.2 Å². The van der Waals surface area contributed by atoms with E-state index >= 15 is 0 Å². The molecule has 2 fully saturated rings. The van der Waals surface area contributed by atoms with Crippen molar-refractivity contribution in [3.63, 3.8) is 0 Å². The molecule has 254 valence electrons. The van der Waals surface area contributed by atoms with Crippen molar-refractivity contribution >= 4 is 23.5 Å². The summed E-state index contributed by atoms with van der Waals surface area (Å²) in [5.74, 6) is 2.08. The van der Waals surface area contributed by atoms with Gasteiger partial charge in [-0.2, -0.15) is 0 Å². The van der Waals surface area contributed by atoms with Gasteiger partial charge in [0.2, 0.25) is 0 Å². The van der Waals surface area contributed by atoms with Gasteiger partial charge in [0.15, 0.2) is 0 Å². The van der Waals surface area contributed by atoms with Crippen molar-refractivity contribution in [1.29, 1.82) is 0 Å². The Morgan fingerprint density at radius 2 is 0.898 bits per heavy atom. The Morgan fingerprint density at radius 1 is 0.510 bits per heavy atom. The van der Waals surface area contributed by atoms with E-state index in [-0.39, 0.29) is 12.1 Å². The molecule has 3 atom stereocenters. The summed E-state index contributed by atoms with van der Waals surface area (Å²) in [7, 11) is 0. The van der Waals surface area contributed by atoms with Gasteiger partial charge in [0.25, 0.3) is 0 Å². The van der Waals surface area contributed by atoms with Gasteiger partial charge in [0.05, 0.1) is 17.7 Å². The first-order valence-corrected chi connectivity index (χ1v) is 19.8. The van der Waals surface area contributed by atoms with Gasteiger partial charge in [-0.15, -0.1) is 23.5 Å². The summed E-state index contributed by atoms with van der Waals surface area (Å²) in [4.78, 5) is 5.03. The second kappa shape index (κ2) is 18.1. The number of rotatable bonds is 12. The molecule has 0 amide bonds. The van der Waals surface area contributed by atoms with Crippen LogP contribution in [0, 0.1) is 5.92 Å². The SMILES string of the molecule is O[C@H](CSc1ccccc1)C1CCCC1.O[C@H](CSc1ccccc1)[C@@H]1CCCN1C(c1ccccc1)(c1ccccc1)c1ccccc1. The molecule has 1 aliphatic heterocycles. The third-order valence-corrected chi connectivity index (χ3v) is 12.2. The van der Waals surface area contributed by atoms with Crippen molar-refractivity contribution in [3.8, 4) is 0 Å². The minimum atomic E-state index is -0.469. The largest absolute Gasteiger partial charge is 0.392 e. The second-order valence-electron chi connectivity index (χ2n) is 13.1. The zero-order chi connectivity index (χ0) is 33.7. The quantitative estimate of drug-likeness (QED) is 0.101. The van der Waals surface area contributed by atoms with Crippen molar-refractivity contribution in [2.45, 2.75) is 72.1 Å². The molecular weight excluding hydrogens is 639 g/mol. The lowest BCUT2D eigenvalue weighted by atomic mass is 9.75. The number of hydrogen-bond acceptors (Lipinski definition) is 5. The molecule has 3 nitrogen and oxygen atoms in total. The van der Waals surface area contributed by atoms with Gasteiger partial charge in [0.1, 0.15) is 0 Å². The van der Waals surface area contributed by atoms with Gasteiger partial charge in [-0.25, -0.2) is 0 Å². The van der Waals surface area contributed by atoms with Crippen molar-refractivity contribution in [3.05, 3.63) is 168 Å². The van der Waals surface area contributed by atoms with Crippen molar-refractivity contribution < 1.29 is 10.2 Å². The van der Waals surface area contributed by atoms with E-state index in [4.69, 9.17) is 0 Å². The fraction of sp³-hybridized carbons (Fsp3) is 0.318. The van der Waals surface area contributed by atoms with Crippen molar-refractivity contribution in [2.24, 2.45) is 5.92 Å². The summed E-state index contributed by atoms with van der Waals surface area (Å²) < 4.78 is 0. The maximum absolute atomic E-state index is 11.5. The van der Waals surface area contributed by atoms with Crippen molar-refractivity contribution in [2.75, 3.05) is 18.1 Å². The lowest BCUT2D eigenvalue weighted by molar-refractivity contribution is 0.0460. The van der Waals surface area contributed by atoms with Crippen LogP contribution in [0.4, 0.5) is 0 Å². The molecule has 2 N–H and O–H groups in total. The standard InChI is InChI=1S/C31H31NOS.C13H18OS/c33-30(24-34-28-20-11-4-12-21-28)29-22-13-23-32(29)31(25-14-5-1-6-15-25,26-16-7-2-8-17-26)27-18-9-3-10-19-27;14-13(11-6-4-5-7-11)10-15-12-8-2-1-3-9-12/h1-12,14-21,29-30,33H,13,22-24H2;1-3,8-9,11,13-14H,4-7,10H2/t29-,30+;13-/m01/s1. The van der Waals surface area contributed by atoms with Crippen LogP contribution >= 0.6 is 23.5 Å². The third-order valence-electron chi connectivity index (χ3n) is 10.0. The van der Waals surface area contributed by atoms with Crippen LogP contribution in [0.2, 0.25) is 0 Å². The number of thioether (sulfide) groups is 2. The van der Waals surface area contributed by atoms with Crippen LogP contribution in [0.3, 0.4) is 0 Å². The summed E-state index contributed by atoms with van der Waals surface area (Å²) in [6.07, 6.45) is 6.57. The average molecular weight is 688 g/mol. The summed E-state index contributed by atoms with van der Waals surface area (Å²) in [6, 6.07) is 53.2. The van der Waals surface area contributed by atoms with Crippen LogP contribution in [-0.4, -0.2) is 51.4 Å². The average Bonchev–Trinajstić information content (AvgIpc) is 3.90. The molecule has 5 heteroatoms. The van der Waals surface area contributed by atoms with Gasteiger partial charge in [-0.3, -0.25) is 4.90 Å². The molecule has 1 heterocycles. The summed E-state index contributed by atoms with van der Waals surface area (Å²) >= 11 is 3.50. The second-order valence-corrected chi connectivity index (χ2v) is 15.3. The van der Waals surface area contributed by atoms with Gasteiger partial charge >= 0.3 is 0 Å². The Bertz CT molecular complexity index is 1540. The van der Waals surface area contributed by atoms with Crippen molar-refractivity contribution in [1.82, 2.24) is 4.90 Å². The number of benzene rings is 5. The molecule has 2 aliphatic rings. The number of hydrogen-bond donors (Lipinski definition) is 2. The van der Waals surface area contributed by atoms with Gasteiger partial charge in [0, 0.05) is 33.9 Å². The molecule has 0 radical (unpaired) electrons. The topological polar surface area (TPSA) is 43.7 Å². The highest BCUT2D eigenvalue weighted by molar-refractivity contribution is 7.99. The Balaban J connectivity index is 0.000000232. The molecule has 0 aromatic heterocycles. The number of aliphatic hydroxyl groups excluding tert-OH is 2. The highest BCUT2D eigenvalue weighted by Crippen LogP contribution is 2.46. The molecule has 1 saturated heterocycles. The van der Waals surface area contributed by atoms with Gasteiger partial charge in [-0.1, -0.05) is 140 Å². The molecule has 0 bridgehead atoms. The van der Waals surface area contributed by atoms with Crippen LogP contribution in [0.1, 0.15) is 55.2 Å². The highest BCUT2D eigenvalue weighted by atomic mass is 32.2. The van der Waals surface area contributed by atoms with E-state index < -0.39 is 11.6 Å². The molecular formula is C44H49NO2S2. The Kier molecular flexibility index (Phi) is 13.1. The third kappa shape index (κ3) is 8.89. The molecule has 0 spiro atoms. The van der Waals surface area contributed by atoms with E-state index in [2.05, 4.69) is 132 Å². The number of likely N-dealkylation sites (tertiary alicyclic amines) is 1. The summed E-state index contributed by atoms with van der Waals surface area (Å²) in [5.41, 5.74) is 3.25. The lowest BCUT2D eigenvalue weighted by Gasteiger charge is -2.47. The Morgan fingerprint density at radius 3 is 1.33 bits per heavy atom. The normalized spacial score (nSPS) is 18.0. The van der Waals surface area contributed by atoms with Crippen LogP contribution < -0.4 is 0 Å². The van der Waals surface area contributed by atoms with E-state index in [1.165, 1.54) is 52.2 Å². The van der Waals surface area contributed by atoms with E-state index in [1.807, 2.05) is 24.3 Å². The molecule has 5 aromatic rings. The fourth-order valence-electron chi connectivity index (χ4n) is 7.63. The van der Waals surface area contributed by atoms with Crippen LogP contribution in [-0.2, 0) is 5.54 Å². The predicted molar refractivity (Wildman–Crippen MR) is 207 cm³/mol. The highest BCUT2D eigenvalue weighted by Gasteiger charge is 2.48. The Labute approximate surface area is 301 Å². The zero-order valence-corrected chi connectivity index (χ0v) is 29.9. The van der Waals surface area contributed by atoms with Gasteiger partial charge in [-0.05, 0) is 72.6 Å².